The summed E-state index contributed by atoms with van der Waals surface area (Å²) in [6, 6.07) is 15.6. The molecule has 146 valence electrons. The van der Waals surface area contributed by atoms with Crippen LogP contribution in [-0.4, -0.2) is 46.0 Å². The minimum atomic E-state index is -3.63. The molecule has 0 radical (unpaired) electrons. The van der Waals surface area contributed by atoms with E-state index in [0.29, 0.717) is 23.7 Å². The standard InChI is InChI=1S/C19H24N2O4S2/c1-15(19(22)20-13-14-26-18-7-5-4-6-8-18)21(27(3,23)24)16-9-11-17(25-2)12-10-16/h4-12,15H,13-14H2,1-3H3,(H,20,22). The van der Waals surface area contributed by atoms with Gasteiger partial charge in [-0.25, -0.2) is 8.42 Å². The highest BCUT2D eigenvalue weighted by Crippen LogP contribution is 2.24. The van der Waals surface area contributed by atoms with Crippen molar-refractivity contribution in [3.63, 3.8) is 0 Å². The van der Waals surface area contributed by atoms with Gasteiger partial charge in [0, 0.05) is 17.2 Å². The quantitative estimate of drug-likeness (QED) is 0.510. The second-order valence-corrected chi connectivity index (χ2v) is 8.91. The molecule has 8 heteroatoms. The second-order valence-electron chi connectivity index (χ2n) is 5.89. The Bertz CT molecular complexity index is 840. The van der Waals surface area contributed by atoms with Crippen molar-refractivity contribution in [3.8, 4) is 5.75 Å². The second kappa shape index (κ2) is 9.66. The van der Waals surface area contributed by atoms with Crippen molar-refractivity contribution in [2.45, 2.75) is 17.9 Å². The Hall–Kier alpha value is -2.19. The highest BCUT2D eigenvalue weighted by molar-refractivity contribution is 7.99. The Morgan fingerprint density at radius 3 is 2.33 bits per heavy atom. The summed E-state index contributed by atoms with van der Waals surface area (Å²) in [5.74, 6) is 0.969. The third kappa shape index (κ3) is 6.18. The molecule has 0 spiro atoms. The Morgan fingerprint density at radius 2 is 1.78 bits per heavy atom. The van der Waals surface area contributed by atoms with E-state index in [0.717, 1.165) is 15.5 Å². The molecule has 2 rings (SSSR count). The van der Waals surface area contributed by atoms with Crippen LogP contribution in [0.4, 0.5) is 5.69 Å². The van der Waals surface area contributed by atoms with Crippen LogP contribution in [0.2, 0.25) is 0 Å². The fourth-order valence-corrected chi connectivity index (χ4v) is 4.51. The molecule has 0 fully saturated rings. The summed E-state index contributed by atoms with van der Waals surface area (Å²) >= 11 is 1.63. The van der Waals surface area contributed by atoms with E-state index in [1.165, 1.54) is 7.11 Å². The van der Waals surface area contributed by atoms with Gasteiger partial charge in [0.25, 0.3) is 0 Å². The van der Waals surface area contributed by atoms with Crippen LogP contribution < -0.4 is 14.4 Å². The molecular formula is C19H24N2O4S2. The number of rotatable bonds is 9. The number of hydrogen-bond donors (Lipinski definition) is 1. The molecule has 27 heavy (non-hydrogen) atoms. The topological polar surface area (TPSA) is 75.7 Å². The van der Waals surface area contributed by atoms with Crippen LogP contribution in [0.5, 0.6) is 5.75 Å². The fraction of sp³-hybridized carbons (Fsp3) is 0.316. The van der Waals surface area contributed by atoms with E-state index < -0.39 is 16.1 Å². The minimum absolute atomic E-state index is 0.343. The van der Waals surface area contributed by atoms with Crippen LogP contribution in [0.25, 0.3) is 0 Å². The Morgan fingerprint density at radius 1 is 1.15 bits per heavy atom. The normalized spacial score (nSPS) is 12.3. The minimum Gasteiger partial charge on any atom is -0.497 e. The van der Waals surface area contributed by atoms with Crippen molar-refractivity contribution in [1.82, 2.24) is 5.32 Å². The molecule has 2 aromatic carbocycles. The fourth-order valence-electron chi connectivity index (χ4n) is 2.55. The van der Waals surface area contributed by atoms with Gasteiger partial charge in [-0.2, -0.15) is 0 Å². The van der Waals surface area contributed by atoms with Crippen LogP contribution in [0.3, 0.4) is 0 Å². The van der Waals surface area contributed by atoms with Gasteiger partial charge in [-0.15, -0.1) is 11.8 Å². The Labute approximate surface area is 165 Å². The zero-order chi connectivity index (χ0) is 19.9. The van der Waals surface area contributed by atoms with Crippen molar-refractivity contribution in [1.29, 1.82) is 0 Å². The molecule has 0 saturated carbocycles. The lowest BCUT2D eigenvalue weighted by molar-refractivity contribution is -0.121. The van der Waals surface area contributed by atoms with Gasteiger partial charge >= 0.3 is 0 Å². The van der Waals surface area contributed by atoms with Gasteiger partial charge in [0.2, 0.25) is 15.9 Å². The number of amides is 1. The van der Waals surface area contributed by atoms with E-state index in [1.807, 2.05) is 30.3 Å². The molecule has 0 bridgehead atoms. The molecule has 6 nitrogen and oxygen atoms in total. The third-order valence-electron chi connectivity index (χ3n) is 3.83. The number of hydrogen-bond acceptors (Lipinski definition) is 5. The first-order valence-corrected chi connectivity index (χ1v) is 11.3. The zero-order valence-electron chi connectivity index (χ0n) is 15.6. The van der Waals surface area contributed by atoms with Crippen LogP contribution in [0.15, 0.2) is 59.5 Å². The number of anilines is 1. The van der Waals surface area contributed by atoms with E-state index in [-0.39, 0.29) is 5.91 Å². The predicted molar refractivity (Wildman–Crippen MR) is 110 cm³/mol. The van der Waals surface area contributed by atoms with E-state index in [4.69, 9.17) is 4.74 Å². The Balaban J connectivity index is 1.99. The lowest BCUT2D eigenvalue weighted by Gasteiger charge is -2.28. The molecule has 1 amide bonds. The average Bonchev–Trinajstić information content (AvgIpc) is 2.65. The summed E-state index contributed by atoms with van der Waals surface area (Å²) in [5.41, 5.74) is 0.416. The maximum atomic E-state index is 12.5. The van der Waals surface area contributed by atoms with E-state index in [2.05, 4.69) is 5.32 Å². The van der Waals surface area contributed by atoms with Crippen LogP contribution in [-0.2, 0) is 14.8 Å². The van der Waals surface area contributed by atoms with Gasteiger partial charge in [0.1, 0.15) is 11.8 Å². The number of thioether (sulfide) groups is 1. The summed E-state index contributed by atoms with van der Waals surface area (Å²) < 4.78 is 30.7. The number of nitrogens with one attached hydrogen (secondary N) is 1. The molecule has 1 atom stereocenters. The molecule has 0 saturated heterocycles. The van der Waals surface area contributed by atoms with Crippen molar-refractivity contribution < 1.29 is 17.9 Å². The largest absolute Gasteiger partial charge is 0.497 e. The molecule has 2 aromatic rings. The lowest BCUT2D eigenvalue weighted by Crippen LogP contribution is -2.48. The van der Waals surface area contributed by atoms with Gasteiger partial charge in [-0.1, -0.05) is 18.2 Å². The molecule has 1 N–H and O–H groups in total. The maximum Gasteiger partial charge on any atom is 0.243 e. The number of carbonyl (C=O) groups is 1. The van der Waals surface area contributed by atoms with Crippen LogP contribution in [0, 0.1) is 0 Å². The van der Waals surface area contributed by atoms with E-state index in [9.17, 15) is 13.2 Å². The molecule has 0 aliphatic heterocycles. The van der Waals surface area contributed by atoms with Gasteiger partial charge in [-0.05, 0) is 43.3 Å². The van der Waals surface area contributed by atoms with Gasteiger partial charge in [-0.3, -0.25) is 9.10 Å². The highest BCUT2D eigenvalue weighted by atomic mass is 32.2. The van der Waals surface area contributed by atoms with Gasteiger partial charge in [0.05, 0.1) is 19.1 Å². The number of nitrogens with zero attached hydrogens (tertiary/aromatic N) is 1. The smallest absolute Gasteiger partial charge is 0.243 e. The highest BCUT2D eigenvalue weighted by Gasteiger charge is 2.28. The first kappa shape index (κ1) is 21.1. The molecule has 0 heterocycles. The van der Waals surface area contributed by atoms with Gasteiger partial charge < -0.3 is 10.1 Å². The monoisotopic (exact) mass is 408 g/mol. The first-order chi connectivity index (χ1) is 12.8. The van der Waals surface area contributed by atoms with Crippen molar-refractivity contribution >= 4 is 33.4 Å². The number of sulfonamides is 1. The lowest BCUT2D eigenvalue weighted by atomic mass is 10.2. The summed E-state index contributed by atoms with van der Waals surface area (Å²) in [6.07, 6.45) is 1.09. The van der Waals surface area contributed by atoms with E-state index >= 15 is 0 Å². The Kier molecular flexibility index (Phi) is 7.55. The number of methoxy groups -OCH3 is 1. The molecule has 0 aliphatic carbocycles. The zero-order valence-corrected chi connectivity index (χ0v) is 17.2. The van der Waals surface area contributed by atoms with Crippen LogP contribution in [0.1, 0.15) is 6.92 Å². The molecule has 1 unspecified atom stereocenters. The third-order valence-corrected chi connectivity index (χ3v) is 6.08. The van der Waals surface area contributed by atoms with Crippen molar-refractivity contribution in [2.24, 2.45) is 0 Å². The summed E-state index contributed by atoms with van der Waals surface area (Å²) in [4.78, 5) is 13.6. The summed E-state index contributed by atoms with van der Waals surface area (Å²) in [7, 11) is -2.09. The van der Waals surface area contributed by atoms with Crippen LogP contribution >= 0.6 is 11.8 Å². The van der Waals surface area contributed by atoms with Crippen molar-refractivity contribution in [2.75, 3.05) is 30.0 Å². The predicted octanol–water partition coefficient (Wildman–Crippen LogP) is 2.76. The first-order valence-electron chi connectivity index (χ1n) is 8.42. The summed E-state index contributed by atoms with van der Waals surface area (Å²) in [6.45, 7) is 2.02. The maximum absolute atomic E-state index is 12.5. The number of benzene rings is 2. The van der Waals surface area contributed by atoms with Gasteiger partial charge in [0.15, 0.2) is 0 Å². The molecular weight excluding hydrogens is 384 g/mol. The molecule has 0 aromatic heterocycles. The number of carbonyl (C=O) groups excluding carboxylic acids is 1. The average molecular weight is 409 g/mol. The summed E-state index contributed by atoms with van der Waals surface area (Å²) in [5, 5.41) is 2.81. The van der Waals surface area contributed by atoms with E-state index in [1.54, 1.807) is 43.0 Å². The number of ether oxygens (including phenoxy) is 1. The molecule has 0 aliphatic rings. The van der Waals surface area contributed by atoms with Crippen molar-refractivity contribution in [3.05, 3.63) is 54.6 Å². The SMILES string of the molecule is COc1ccc(N(C(C)C(=O)NCCSc2ccccc2)S(C)(=O)=O)cc1.